The van der Waals surface area contributed by atoms with Crippen molar-refractivity contribution < 1.29 is 0 Å². The Kier molecular flexibility index (Phi) is 4.73. The van der Waals surface area contributed by atoms with Gasteiger partial charge in [-0.2, -0.15) is 10.2 Å². The van der Waals surface area contributed by atoms with Crippen LogP contribution in [0.15, 0.2) is 60.9 Å². The van der Waals surface area contributed by atoms with Crippen molar-refractivity contribution in [2.24, 2.45) is 0 Å². The Hall–Kier alpha value is -3.91. The fraction of sp³-hybridized carbons (Fsp3) is 0.240. The van der Waals surface area contributed by atoms with E-state index in [1.165, 1.54) is 12.0 Å². The van der Waals surface area contributed by atoms with E-state index in [9.17, 15) is 0 Å². The van der Waals surface area contributed by atoms with Gasteiger partial charge in [0.1, 0.15) is 17.7 Å². The van der Waals surface area contributed by atoms with E-state index in [0.29, 0.717) is 24.1 Å². The first-order valence-electron chi connectivity index (χ1n) is 11.3. The van der Waals surface area contributed by atoms with Gasteiger partial charge in [0.05, 0.1) is 12.1 Å². The molecule has 5 aromatic rings. The molecule has 1 aliphatic heterocycles. The highest BCUT2D eigenvalue weighted by molar-refractivity contribution is 5.96. The van der Waals surface area contributed by atoms with Crippen molar-refractivity contribution in [3.05, 3.63) is 72.2 Å². The van der Waals surface area contributed by atoms with Crippen LogP contribution in [-0.2, 0) is 6.54 Å². The number of hydrogen-bond acceptors (Lipinski definition) is 6. The van der Waals surface area contributed by atoms with Crippen molar-refractivity contribution in [2.45, 2.75) is 25.3 Å². The molecular weight excluding hydrogens is 412 g/mol. The molecule has 0 unspecified atom stereocenters. The topological polar surface area (TPSA) is 112 Å². The largest absolute Gasteiger partial charge is 0.383 e. The molecule has 4 heterocycles. The number of piperidine rings is 1. The SMILES string of the molecule is Nc1ncnn2c(C3CCNCC3)cc(-c3ccc4c(N)n(Cc5ccccc5)nc4c3)c12. The molecule has 0 spiro atoms. The molecule has 6 rings (SSSR count). The molecule has 0 atom stereocenters. The van der Waals surface area contributed by atoms with E-state index in [4.69, 9.17) is 16.6 Å². The third-order valence-corrected chi connectivity index (χ3v) is 6.63. The second-order valence-corrected chi connectivity index (χ2v) is 8.67. The standard InChI is InChI=1S/C25H26N8/c26-24-23-20(13-22(33(23)30-15-29-24)17-8-10-28-11-9-17)18-6-7-19-21(12-18)31-32(25(19)27)14-16-4-2-1-3-5-16/h1-7,12-13,15,17,28H,8-11,14,27H2,(H2,26,29,30). The maximum atomic E-state index is 6.44. The molecule has 0 radical (unpaired) electrons. The van der Waals surface area contributed by atoms with Crippen LogP contribution in [0.1, 0.15) is 30.0 Å². The number of nitrogens with two attached hydrogens (primary N) is 2. The lowest BCUT2D eigenvalue weighted by Crippen LogP contribution is -2.27. The number of nitrogens with one attached hydrogen (secondary N) is 1. The zero-order valence-electron chi connectivity index (χ0n) is 18.3. The van der Waals surface area contributed by atoms with Gasteiger partial charge >= 0.3 is 0 Å². The van der Waals surface area contributed by atoms with Gasteiger partial charge < -0.3 is 16.8 Å². The van der Waals surface area contributed by atoms with Crippen molar-refractivity contribution in [2.75, 3.05) is 24.6 Å². The molecule has 3 aromatic heterocycles. The van der Waals surface area contributed by atoms with Crippen molar-refractivity contribution in [3.63, 3.8) is 0 Å². The van der Waals surface area contributed by atoms with Crippen LogP contribution < -0.4 is 16.8 Å². The van der Waals surface area contributed by atoms with E-state index >= 15 is 0 Å². The van der Waals surface area contributed by atoms with Crippen LogP contribution in [0.4, 0.5) is 11.6 Å². The number of nitrogen functional groups attached to an aromatic ring is 2. The minimum Gasteiger partial charge on any atom is -0.383 e. The fourth-order valence-corrected chi connectivity index (χ4v) is 4.92. The summed E-state index contributed by atoms with van der Waals surface area (Å²) in [6, 6.07) is 18.7. The maximum Gasteiger partial charge on any atom is 0.151 e. The van der Waals surface area contributed by atoms with Crippen LogP contribution in [0, 0.1) is 0 Å². The van der Waals surface area contributed by atoms with Gasteiger partial charge in [0, 0.05) is 22.6 Å². The number of anilines is 2. The molecule has 0 saturated carbocycles. The normalized spacial score (nSPS) is 14.9. The molecule has 8 nitrogen and oxygen atoms in total. The van der Waals surface area contributed by atoms with Gasteiger partial charge in [-0.15, -0.1) is 0 Å². The highest BCUT2D eigenvalue weighted by atomic mass is 15.3. The second kappa shape index (κ2) is 7.90. The number of nitrogens with zero attached hydrogens (tertiary/aromatic N) is 5. The monoisotopic (exact) mass is 438 g/mol. The van der Waals surface area contributed by atoms with Crippen LogP contribution >= 0.6 is 0 Å². The highest BCUT2D eigenvalue weighted by Gasteiger charge is 2.23. The summed E-state index contributed by atoms with van der Waals surface area (Å²) >= 11 is 0. The van der Waals surface area contributed by atoms with Crippen LogP contribution in [0.5, 0.6) is 0 Å². The Morgan fingerprint density at radius 2 is 1.82 bits per heavy atom. The van der Waals surface area contributed by atoms with E-state index in [2.05, 4.69) is 45.7 Å². The Morgan fingerprint density at radius 1 is 1.00 bits per heavy atom. The van der Waals surface area contributed by atoms with Crippen molar-refractivity contribution in [1.82, 2.24) is 29.7 Å². The molecule has 8 heteroatoms. The molecule has 166 valence electrons. The third kappa shape index (κ3) is 3.39. The molecular formula is C25H26N8. The smallest absolute Gasteiger partial charge is 0.151 e. The molecule has 0 aliphatic carbocycles. The van der Waals surface area contributed by atoms with Crippen LogP contribution in [0.3, 0.4) is 0 Å². The van der Waals surface area contributed by atoms with E-state index in [1.807, 2.05) is 33.5 Å². The molecule has 1 saturated heterocycles. The number of aromatic nitrogens is 5. The second-order valence-electron chi connectivity index (χ2n) is 8.67. The summed E-state index contributed by atoms with van der Waals surface area (Å²) in [6.45, 7) is 2.66. The number of benzene rings is 2. The Morgan fingerprint density at radius 3 is 2.64 bits per heavy atom. The molecule has 0 amide bonds. The first kappa shape index (κ1) is 19.8. The van der Waals surface area contributed by atoms with E-state index < -0.39 is 0 Å². The zero-order chi connectivity index (χ0) is 22.4. The predicted molar refractivity (Wildman–Crippen MR) is 131 cm³/mol. The summed E-state index contributed by atoms with van der Waals surface area (Å²) in [5.74, 6) is 1.58. The molecule has 5 N–H and O–H groups in total. The van der Waals surface area contributed by atoms with Gasteiger partial charge in [-0.1, -0.05) is 36.4 Å². The minimum atomic E-state index is 0.436. The van der Waals surface area contributed by atoms with Crippen LogP contribution in [-0.4, -0.2) is 37.5 Å². The predicted octanol–water partition coefficient (Wildman–Crippen LogP) is 3.43. The zero-order valence-corrected chi connectivity index (χ0v) is 18.3. The van der Waals surface area contributed by atoms with Crippen molar-refractivity contribution in [3.8, 4) is 11.1 Å². The maximum absolute atomic E-state index is 6.44. The van der Waals surface area contributed by atoms with Gasteiger partial charge in [0.2, 0.25) is 0 Å². The number of hydrogen-bond donors (Lipinski definition) is 3. The summed E-state index contributed by atoms with van der Waals surface area (Å²) in [7, 11) is 0. The molecule has 0 bridgehead atoms. The Labute approximate surface area is 191 Å². The van der Waals surface area contributed by atoms with Gasteiger partial charge in [-0.3, -0.25) is 0 Å². The van der Waals surface area contributed by atoms with Gasteiger partial charge in [0.25, 0.3) is 0 Å². The third-order valence-electron chi connectivity index (χ3n) is 6.63. The first-order chi connectivity index (χ1) is 16.2. The van der Waals surface area contributed by atoms with Crippen molar-refractivity contribution in [1.29, 1.82) is 0 Å². The van der Waals surface area contributed by atoms with Crippen LogP contribution in [0.25, 0.3) is 27.5 Å². The number of fused-ring (bicyclic) bond motifs is 2. The fourth-order valence-electron chi connectivity index (χ4n) is 4.92. The van der Waals surface area contributed by atoms with E-state index in [1.54, 1.807) is 0 Å². The lowest BCUT2D eigenvalue weighted by molar-refractivity contribution is 0.448. The average Bonchev–Trinajstić information content (AvgIpc) is 3.39. The van der Waals surface area contributed by atoms with Gasteiger partial charge in [0.15, 0.2) is 5.82 Å². The van der Waals surface area contributed by atoms with Gasteiger partial charge in [-0.05, 0) is 55.3 Å². The summed E-state index contributed by atoms with van der Waals surface area (Å²) in [5, 5.41) is 13.7. The Bertz CT molecular complexity index is 1440. The lowest BCUT2D eigenvalue weighted by atomic mass is 9.94. The van der Waals surface area contributed by atoms with Gasteiger partial charge in [-0.25, -0.2) is 14.2 Å². The van der Waals surface area contributed by atoms with Crippen LogP contribution in [0.2, 0.25) is 0 Å². The summed E-state index contributed by atoms with van der Waals surface area (Å²) in [5.41, 5.74) is 18.9. The minimum absolute atomic E-state index is 0.436. The lowest BCUT2D eigenvalue weighted by Gasteiger charge is -2.22. The van der Waals surface area contributed by atoms with E-state index in [-0.39, 0.29) is 0 Å². The van der Waals surface area contributed by atoms with E-state index in [0.717, 1.165) is 59.0 Å². The molecule has 1 aliphatic rings. The highest BCUT2D eigenvalue weighted by Crippen LogP contribution is 2.37. The first-order valence-corrected chi connectivity index (χ1v) is 11.3. The quantitative estimate of drug-likeness (QED) is 0.396. The van der Waals surface area contributed by atoms with Crippen molar-refractivity contribution >= 4 is 28.1 Å². The molecule has 1 fully saturated rings. The summed E-state index contributed by atoms with van der Waals surface area (Å²) in [4.78, 5) is 4.27. The molecule has 33 heavy (non-hydrogen) atoms. The summed E-state index contributed by atoms with van der Waals surface area (Å²) in [6.07, 6.45) is 3.69. The number of rotatable bonds is 4. The average molecular weight is 439 g/mol. The Balaban J connectivity index is 1.46. The molecule has 2 aromatic carbocycles. The summed E-state index contributed by atoms with van der Waals surface area (Å²) < 4.78 is 3.83.